The number of carbonyl (C=O) groups excluding carboxylic acids is 1. The molecule has 2 atom stereocenters. The number of methoxy groups -OCH3 is 1. The molecule has 0 aromatic heterocycles. The van der Waals surface area contributed by atoms with Gasteiger partial charge in [-0.05, 0) is 24.4 Å². The predicted octanol–water partition coefficient (Wildman–Crippen LogP) is 2.05. The van der Waals surface area contributed by atoms with Crippen LogP contribution in [0.4, 0.5) is 0 Å². The second-order valence-electron chi connectivity index (χ2n) is 5.80. The van der Waals surface area contributed by atoms with Crippen molar-refractivity contribution < 1.29 is 9.53 Å². The fourth-order valence-corrected chi connectivity index (χ4v) is 3.03. The Bertz CT molecular complexity index is 436. The Kier molecular flexibility index (Phi) is 6.21. The summed E-state index contributed by atoms with van der Waals surface area (Å²) in [5.41, 5.74) is 1.30. The highest BCUT2D eigenvalue weighted by molar-refractivity contribution is 5.69. The quantitative estimate of drug-likeness (QED) is 0.814. The predicted molar refractivity (Wildman–Crippen MR) is 83.9 cm³/mol. The van der Waals surface area contributed by atoms with E-state index >= 15 is 0 Å². The maximum atomic E-state index is 11.5. The van der Waals surface area contributed by atoms with Crippen LogP contribution in [0.5, 0.6) is 0 Å². The lowest BCUT2D eigenvalue weighted by molar-refractivity contribution is -0.142. The van der Waals surface area contributed by atoms with Crippen LogP contribution in [0.25, 0.3) is 0 Å². The van der Waals surface area contributed by atoms with Gasteiger partial charge in [-0.1, -0.05) is 37.3 Å². The number of carbonyl (C=O) groups is 1. The molecule has 2 rings (SSSR count). The van der Waals surface area contributed by atoms with Crippen molar-refractivity contribution in [3.63, 3.8) is 0 Å². The summed E-state index contributed by atoms with van der Waals surface area (Å²) in [6.07, 6.45) is 1.56. The van der Waals surface area contributed by atoms with Crippen molar-refractivity contribution >= 4 is 5.97 Å². The average Bonchev–Trinajstić information content (AvgIpc) is 2.53. The van der Waals surface area contributed by atoms with Crippen LogP contribution in [0, 0.1) is 5.92 Å². The van der Waals surface area contributed by atoms with Crippen LogP contribution < -0.4 is 5.32 Å². The number of nitrogens with zero attached hydrogens (tertiary/aromatic N) is 1. The second kappa shape index (κ2) is 8.15. The van der Waals surface area contributed by atoms with E-state index < -0.39 is 0 Å². The summed E-state index contributed by atoms with van der Waals surface area (Å²) in [6.45, 7) is 6.14. The molecule has 0 amide bonds. The number of nitrogens with one attached hydrogen (secondary N) is 1. The number of likely N-dealkylation sites (N-methyl/N-ethyl adjacent to an activating group) is 1. The van der Waals surface area contributed by atoms with Crippen molar-refractivity contribution in [1.82, 2.24) is 10.2 Å². The van der Waals surface area contributed by atoms with Crippen molar-refractivity contribution in [3.05, 3.63) is 35.9 Å². The minimum Gasteiger partial charge on any atom is -0.469 e. The number of hydrogen-bond donors (Lipinski definition) is 1. The van der Waals surface area contributed by atoms with Gasteiger partial charge >= 0.3 is 5.97 Å². The Morgan fingerprint density at radius 3 is 2.76 bits per heavy atom. The lowest BCUT2D eigenvalue weighted by Gasteiger charge is -2.37. The largest absolute Gasteiger partial charge is 0.469 e. The standard InChI is InChI=1S/C17H26N2O2/c1-3-19-12-15(10-17(20)21-2)9-16(13-19)18-11-14-7-5-4-6-8-14/h4-8,15-16,18H,3,9-13H2,1-2H3. The van der Waals surface area contributed by atoms with Crippen LogP contribution in [0.2, 0.25) is 0 Å². The van der Waals surface area contributed by atoms with Crippen LogP contribution in [0.3, 0.4) is 0 Å². The normalized spacial score (nSPS) is 23.0. The van der Waals surface area contributed by atoms with E-state index in [0.717, 1.165) is 32.6 Å². The number of esters is 1. The lowest BCUT2D eigenvalue weighted by atomic mass is 9.91. The highest BCUT2D eigenvalue weighted by atomic mass is 16.5. The van der Waals surface area contributed by atoms with Crippen molar-refractivity contribution in [2.75, 3.05) is 26.7 Å². The van der Waals surface area contributed by atoms with E-state index in [2.05, 4.69) is 41.4 Å². The Hall–Kier alpha value is -1.39. The SMILES string of the molecule is CCN1CC(CC(=O)OC)CC(NCc2ccccc2)C1. The fourth-order valence-electron chi connectivity index (χ4n) is 3.03. The number of piperidine rings is 1. The van der Waals surface area contributed by atoms with E-state index in [-0.39, 0.29) is 5.97 Å². The van der Waals surface area contributed by atoms with Crippen LogP contribution in [-0.2, 0) is 16.1 Å². The third kappa shape index (κ3) is 5.14. The summed E-state index contributed by atoms with van der Waals surface area (Å²) in [4.78, 5) is 13.9. The topological polar surface area (TPSA) is 41.6 Å². The highest BCUT2D eigenvalue weighted by Crippen LogP contribution is 2.20. The van der Waals surface area contributed by atoms with Gasteiger partial charge < -0.3 is 15.0 Å². The molecule has 0 saturated carbocycles. The van der Waals surface area contributed by atoms with Gasteiger partial charge in [-0.2, -0.15) is 0 Å². The van der Waals surface area contributed by atoms with Gasteiger partial charge in [0.05, 0.1) is 7.11 Å². The third-order valence-corrected chi connectivity index (χ3v) is 4.18. The summed E-state index contributed by atoms with van der Waals surface area (Å²) in [7, 11) is 1.47. The second-order valence-corrected chi connectivity index (χ2v) is 5.80. The first-order valence-electron chi connectivity index (χ1n) is 7.77. The van der Waals surface area contributed by atoms with Crippen molar-refractivity contribution in [2.45, 2.75) is 32.4 Å². The molecule has 1 aromatic carbocycles. The molecule has 4 nitrogen and oxygen atoms in total. The summed E-state index contributed by atoms with van der Waals surface area (Å²) in [5.74, 6) is 0.291. The number of likely N-dealkylation sites (tertiary alicyclic amines) is 1. The van der Waals surface area contributed by atoms with Crippen molar-refractivity contribution in [2.24, 2.45) is 5.92 Å². The highest BCUT2D eigenvalue weighted by Gasteiger charge is 2.27. The summed E-state index contributed by atoms with van der Waals surface area (Å²) in [6, 6.07) is 10.9. The smallest absolute Gasteiger partial charge is 0.305 e. The molecule has 1 aliphatic rings. The van der Waals surface area contributed by atoms with E-state index in [1.54, 1.807) is 0 Å². The van der Waals surface area contributed by atoms with Gasteiger partial charge in [-0.3, -0.25) is 4.79 Å². The molecule has 1 aromatic rings. The molecule has 1 heterocycles. The van der Waals surface area contributed by atoms with Crippen molar-refractivity contribution in [3.8, 4) is 0 Å². The minimum absolute atomic E-state index is 0.0974. The van der Waals surface area contributed by atoms with Gasteiger partial charge in [0, 0.05) is 32.1 Å². The van der Waals surface area contributed by atoms with E-state index in [1.165, 1.54) is 12.7 Å². The van der Waals surface area contributed by atoms with E-state index in [4.69, 9.17) is 4.74 Å². The summed E-state index contributed by atoms with van der Waals surface area (Å²) in [5, 5.41) is 3.63. The zero-order chi connectivity index (χ0) is 15.1. The third-order valence-electron chi connectivity index (χ3n) is 4.18. The monoisotopic (exact) mass is 290 g/mol. The molecule has 1 N–H and O–H groups in total. The first-order valence-corrected chi connectivity index (χ1v) is 7.77. The minimum atomic E-state index is -0.0974. The van der Waals surface area contributed by atoms with E-state index in [0.29, 0.717) is 18.4 Å². The molecule has 1 saturated heterocycles. The van der Waals surface area contributed by atoms with Crippen LogP contribution in [0.15, 0.2) is 30.3 Å². The number of hydrogen-bond acceptors (Lipinski definition) is 4. The maximum Gasteiger partial charge on any atom is 0.305 e. The average molecular weight is 290 g/mol. The molecule has 1 aliphatic heterocycles. The van der Waals surface area contributed by atoms with Gasteiger partial charge in [0.15, 0.2) is 0 Å². The molecule has 21 heavy (non-hydrogen) atoms. The van der Waals surface area contributed by atoms with Gasteiger partial charge in [0.25, 0.3) is 0 Å². The molecule has 4 heteroatoms. The summed E-state index contributed by atoms with van der Waals surface area (Å²) >= 11 is 0. The number of rotatable bonds is 6. The van der Waals surface area contributed by atoms with E-state index in [9.17, 15) is 4.79 Å². The Morgan fingerprint density at radius 1 is 1.33 bits per heavy atom. The van der Waals surface area contributed by atoms with Gasteiger partial charge in [-0.15, -0.1) is 0 Å². The van der Waals surface area contributed by atoms with Crippen LogP contribution in [0.1, 0.15) is 25.3 Å². The molecule has 0 spiro atoms. The number of benzene rings is 1. The molecule has 0 bridgehead atoms. The van der Waals surface area contributed by atoms with Gasteiger partial charge in [0.1, 0.15) is 0 Å². The van der Waals surface area contributed by atoms with Crippen molar-refractivity contribution in [1.29, 1.82) is 0 Å². The van der Waals surface area contributed by atoms with Gasteiger partial charge in [0.2, 0.25) is 0 Å². The van der Waals surface area contributed by atoms with Crippen LogP contribution >= 0.6 is 0 Å². The maximum absolute atomic E-state index is 11.5. The molecule has 116 valence electrons. The zero-order valence-electron chi connectivity index (χ0n) is 13.0. The van der Waals surface area contributed by atoms with Gasteiger partial charge in [-0.25, -0.2) is 0 Å². The molecular formula is C17H26N2O2. The Labute approximate surface area is 127 Å². The molecule has 0 radical (unpaired) electrons. The molecular weight excluding hydrogens is 264 g/mol. The molecule has 2 unspecified atom stereocenters. The summed E-state index contributed by atoms with van der Waals surface area (Å²) < 4.78 is 4.81. The number of ether oxygens (including phenoxy) is 1. The van der Waals surface area contributed by atoms with Crippen LogP contribution in [-0.4, -0.2) is 43.7 Å². The van der Waals surface area contributed by atoms with E-state index in [1.807, 2.05) is 6.07 Å². The first-order chi connectivity index (χ1) is 10.2. The molecule has 1 fully saturated rings. The Morgan fingerprint density at radius 2 is 2.10 bits per heavy atom. The zero-order valence-corrected chi connectivity index (χ0v) is 13.0. The molecule has 0 aliphatic carbocycles. The lowest BCUT2D eigenvalue weighted by Crippen LogP contribution is -2.49. The first kappa shape index (κ1) is 16.0. The Balaban J connectivity index is 1.87. The fraction of sp³-hybridized carbons (Fsp3) is 0.588.